The van der Waals surface area contributed by atoms with E-state index in [4.69, 9.17) is 4.74 Å². The third-order valence-electron chi connectivity index (χ3n) is 5.24. The molecule has 0 atom stereocenters. The Morgan fingerprint density at radius 1 is 1.31 bits per heavy atom. The third-order valence-corrected chi connectivity index (χ3v) is 5.24. The molecule has 1 aliphatic heterocycles. The molecule has 1 amide bonds. The number of rotatable bonds is 7. The molecule has 1 saturated heterocycles. The number of carbonyl (C=O) groups is 2. The zero-order valence-corrected chi connectivity index (χ0v) is 16.8. The molecule has 0 spiro atoms. The summed E-state index contributed by atoms with van der Waals surface area (Å²) in [6.07, 6.45) is 3.35. The van der Waals surface area contributed by atoms with Gasteiger partial charge in [0, 0.05) is 0 Å². The van der Waals surface area contributed by atoms with E-state index in [1.807, 2.05) is 25.5 Å². The number of ether oxygens (including phenoxy) is 1. The van der Waals surface area contributed by atoms with Crippen LogP contribution in [0.5, 0.6) is 0 Å². The fourth-order valence-corrected chi connectivity index (χ4v) is 3.32. The SMILES string of the molecule is CCC(CC)(CC(=O)OC)NC(=O)c1nnn(C2CCNCC2)c1C.Cl. The van der Waals surface area contributed by atoms with E-state index in [2.05, 4.69) is 20.9 Å². The van der Waals surface area contributed by atoms with Crippen LogP contribution in [-0.2, 0) is 9.53 Å². The Hall–Kier alpha value is -1.67. The summed E-state index contributed by atoms with van der Waals surface area (Å²) in [5.74, 6) is -0.621. The van der Waals surface area contributed by atoms with Crippen molar-refractivity contribution in [3.8, 4) is 0 Å². The van der Waals surface area contributed by atoms with Crippen molar-refractivity contribution < 1.29 is 14.3 Å². The molecule has 0 aliphatic carbocycles. The summed E-state index contributed by atoms with van der Waals surface area (Å²) in [7, 11) is 1.36. The van der Waals surface area contributed by atoms with Crippen LogP contribution < -0.4 is 10.6 Å². The minimum Gasteiger partial charge on any atom is -0.469 e. The predicted octanol–water partition coefficient (Wildman–Crippen LogP) is 1.78. The summed E-state index contributed by atoms with van der Waals surface area (Å²) in [6.45, 7) is 7.66. The maximum absolute atomic E-state index is 12.8. The number of hydrogen-bond donors (Lipinski definition) is 2. The van der Waals surface area contributed by atoms with Gasteiger partial charge in [-0.15, -0.1) is 17.5 Å². The molecule has 148 valence electrons. The Bertz CT molecular complexity index is 610. The molecule has 0 bridgehead atoms. The standard InChI is InChI=1S/C17H29N5O3.ClH/c1-5-17(6-2,11-14(23)25-4)19-16(24)15-12(3)22(21-20-15)13-7-9-18-10-8-13;/h13,18H,5-11H2,1-4H3,(H,19,24);1H. The van der Waals surface area contributed by atoms with Crippen molar-refractivity contribution >= 4 is 24.3 Å². The minimum absolute atomic E-state index is 0. The number of aromatic nitrogens is 3. The number of methoxy groups -OCH3 is 1. The van der Waals surface area contributed by atoms with Crippen molar-refractivity contribution in [1.82, 2.24) is 25.6 Å². The molecule has 1 aliphatic rings. The molecule has 8 nitrogen and oxygen atoms in total. The molecule has 2 N–H and O–H groups in total. The second kappa shape index (κ2) is 9.87. The van der Waals surface area contributed by atoms with E-state index in [-0.39, 0.29) is 36.7 Å². The lowest BCUT2D eigenvalue weighted by molar-refractivity contribution is -0.142. The second-order valence-electron chi connectivity index (χ2n) is 6.64. The summed E-state index contributed by atoms with van der Waals surface area (Å²) >= 11 is 0. The van der Waals surface area contributed by atoms with Gasteiger partial charge in [0.2, 0.25) is 0 Å². The van der Waals surface area contributed by atoms with Crippen LogP contribution >= 0.6 is 12.4 Å². The van der Waals surface area contributed by atoms with E-state index >= 15 is 0 Å². The topological polar surface area (TPSA) is 98.1 Å². The van der Waals surface area contributed by atoms with Gasteiger partial charge in [-0.25, -0.2) is 4.68 Å². The van der Waals surface area contributed by atoms with Gasteiger partial charge in [0.1, 0.15) is 0 Å². The monoisotopic (exact) mass is 387 g/mol. The summed E-state index contributed by atoms with van der Waals surface area (Å²) in [5.41, 5.74) is 0.466. The van der Waals surface area contributed by atoms with Crippen molar-refractivity contribution in [3.63, 3.8) is 0 Å². The van der Waals surface area contributed by atoms with Crippen LogP contribution in [0.3, 0.4) is 0 Å². The van der Waals surface area contributed by atoms with Crippen LogP contribution in [0.4, 0.5) is 0 Å². The summed E-state index contributed by atoms with van der Waals surface area (Å²) in [4.78, 5) is 24.5. The number of nitrogens with zero attached hydrogens (tertiary/aromatic N) is 3. The number of carbonyl (C=O) groups excluding carboxylic acids is 2. The van der Waals surface area contributed by atoms with Gasteiger partial charge in [-0.1, -0.05) is 19.1 Å². The zero-order chi connectivity index (χ0) is 18.4. The highest BCUT2D eigenvalue weighted by atomic mass is 35.5. The largest absolute Gasteiger partial charge is 0.469 e. The summed E-state index contributed by atoms with van der Waals surface area (Å²) in [6, 6.07) is 0.271. The van der Waals surface area contributed by atoms with E-state index in [0.29, 0.717) is 18.5 Å². The lowest BCUT2D eigenvalue weighted by Crippen LogP contribution is -2.49. The average molecular weight is 388 g/mol. The lowest BCUT2D eigenvalue weighted by Gasteiger charge is -2.31. The third kappa shape index (κ3) is 4.94. The Labute approximate surface area is 160 Å². The van der Waals surface area contributed by atoms with E-state index in [1.54, 1.807) is 0 Å². The molecule has 0 radical (unpaired) electrons. The van der Waals surface area contributed by atoms with Crippen LogP contribution in [0.1, 0.15) is 68.2 Å². The highest BCUT2D eigenvalue weighted by Crippen LogP contribution is 2.23. The molecule has 0 unspecified atom stereocenters. The van der Waals surface area contributed by atoms with Crippen molar-refractivity contribution in [2.45, 2.75) is 64.5 Å². The van der Waals surface area contributed by atoms with Gasteiger partial charge in [0.25, 0.3) is 5.91 Å². The number of halogens is 1. The normalized spacial score (nSPS) is 15.2. The van der Waals surface area contributed by atoms with Crippen LogP contribution in [-0.4, -0.2) is 52.6 Å². The van der Waals surface area contributed by atoms with E-state index < -0.39 is 5.54 Å². The molecule has 0 aromatic carbocycles. The van der Waals surface area contributed by atoms with Crippen LogP contribution in [0.15, 0.2) is 0 Å². The molecule has 2 heterocycles. The maximum atomic E-state index is 12.8. The van der Waals surface area contributed by atoms with Gasteiger partial charge in [-0.2, -0.15) is 0 Å². The number of piperidine rings is 1. The Morgan fingerprint density at radius 2 is 1.92 bits per heavy atom. The fourth-order valence-electron chi connectivity index (χ4n) is 3.32. The van der Waals surface area contributed by atoms with Crippen LogP contribution in [0.25, 0.3) is 0 Å². The Balaban J connectivity index is 0.00000338. The lowest BCUT2D eigenvalue weighted by atomic mass is 9.88. The van der Waals surface area contributed by atoms with E-state index in [9.17, 15) is 9.59 Å². The highest BCUT2D eigenvalue weighted by molar-refractivity contribution is 5.94. The van der Waals surface area contributed by atoms with Gasteiger partial charge < -0.3 is 15.4 Å². The van der Waals surface area contributed by atoms with Gasteiger partial charge in [-0.3, -0.25) is 9.59 Å². The molecule has 1 aromatic rings. The first-order valence-electron chi connectivity index (χ1n) is 8.98. The van der Waals surface area contributed by atoms with Crippen molar-refractivity contribution in [2.24, 2.45) is 0 Å². The molecule has 1 fully saturated rings. The van der Waals surface area contributed by atoms with Crippen LogP contribution in [0.2, 0.25) is 0 Å². The Kier molecular flexibility index (Phi) is 8.49. The number of esters is 1. The molecular weight excluding hydrogens is 358 g/mol. The zero-order valence-electron chi connectivity index (χ0n) is 16.0. The fraction of sp³-hybridized carbons (Fsp3) is 0.765. The van der Waals surface area contributed by atoms with Crippen molar-refractivity contribution in [1.29, 1.82) is 0 Å². The molecule has 0 saturated carbocycles. The molecule has 26 heavy (non-hydrogen) atoms. The smallest absolute Gasteiger partial charge is 0.307 e. The summed E-state index contributed by atoms with van der Waals surface area (Å²) < 4.78 is 6.63. The average Bonchev–Trinajstić information content (AvgIpc) is 3.03. The van der Waals surface area contributed by atoms with E-state index in [0.717, 1.165) is 31.6 Å². The highest BCUT2D eigenvalue weighted by Gasteiger charge is 2.33. The quantitative estimate of drug-likeness (QED) is 0.692. The first-order chi connectivity index (χ1) is 12.0. The maximum Gasteiger partial charge on any atom is 0.307 e. The number of amides is 1. The van der Waals surface area contributed by atoms with Gasteiger partial charge >= 0.3 is 5.97 Å². The second-order valence-corrected chi connectivity index (χ2v) is 6.64. The Morgan fingerprint density at radius 3 is 2.46 bits per heavy atom. The summed E-state index contributed by atoms with van der Waals surface area (Å²) in [5, 5.41) is 14.6. The molecular formula is C17H30ClN5O3. The molecule has 9 heteroatoms. The van der Waals surface area contributed by atoms with Crippen LogP contribution in [0, 0.1) is 6.92 Å². The van der Waals surface area contributed by atoms with Crippen molar-refractivity contribution in [2.75, 3.05) is 20.2 Å². The molecule has 1 aromatic heterocycles. The first-order valence-corrected chi connectivity index (χ1v) is 8.98. The van der Waals surface area contributed by atoms with Gasteiger partial charge in [0.15, 0.2) is 5.69 Å². The first kappa shape index (κ1) is 22.4. The molecule has 2 rings (SSSR count). The number of hydrogen-bond acceptors (Lipinski definition) is 6. The van der Waals surface area contributed by atoms with Gasteiger partial charge in [-0.05, 0) is 45.7 Å². The number of nitrogens with one attached hydrogen (secondary N) is 2. The predicted molar refractivity (Wildman–Crippen MR) is 101 cm³/mol. The van der Waals surface area contributed by atoms with E-state index in [1.165, 1.54) is 7.11 Å². The van der Waals surface area contributed by atoms with Gasteiger partial charge in [0.05, 0.1) is 30.8 Å². The van der Waals surface area contributed by atoms with Crippen molar-refractivity contribution in [3.05, 3.63) is 11.4 Å². The minimum atomic E-state index is -0.630.